The molecule has 33 heavy (non-hydrogen) atoms. The maximum atomic E-state index is 12.5. The van der Waals surface area contributed by atoms with Crippen molar-refractivity contribution >= 4 is 29.1 Å². The van der Waals surface area contributed by atoms with E-state index in [0.29, 0.717) is 34.1 Å². The number of hydrogen-bond acceptors (Lipinski definition) is 6. The normalized spacial score (nSPS) is 10.9. The van der Waals surface area contributed by atoms with Gasteiger partial charge in [0.1, 0.15) is 18.1 Å². The number of carbonyl (C=O) groups is 1. The van der Waals surface area contributed by atoms with Crippen LogP contribution in [0.25, 0.3) is 5.69 Å². The van der Waals surface area contributed by atoms with E-state index in [2.05, 4.69) is 15.2 Å². The van der Waals surface area contributed by atoms with Crippen LogP contribution in [-0.2, 0) is 6.61 Å². The molecule has 7 nitrogen and oxygen atoms in total. The van der Waals surface area contributed by atoms with Gasteiger partial charge in [0, 0.05) is 11.2 Å². The van der Waals surface area contributed by atoms with Crippen LogP contribution in [0.4, 0.5) is 0 Å². The summed E-state index contributed by atoms with van der Waals surface area (Å²) in [6.45, 7) is 4.68. The largest absolute Gasteiger partial charge is 0.494 e. The molecule has 4 aromatic rings. The second-order valence-corrected chi connectivity index (χ2v) is 8.51. The van der Waals surface area contributed by atoms with Crippen LogP contribution in [-0.4, -0.2) is 37.9 Å². The Kier molecular flexibility index (Phi) is 7.36. The molecule has 1 N–H and O–H groups in total. The smallest absolute Gasteiger partial charge is 0.196 e. The van der Waals surface area contributed by atoms with Crippen molar-refractivity contribution in [2.45, 2.75) is 25.6 Å². The van der Waals surface area contributed by atoms with Crippen molar-refractivity contribution in [1.29, 1.82) is 0 Å². The average Bonchev–Trinajstić information content (AvgIpc) is 3.49. The Balaban J connectivity index is 1.56. The fourth-order valence-corrected chi connectivity index (χ4v) is 4.15. The van der Waals surface area contributed by atoms with Crippen LogP contribution in [0.3, 0.4) is 0 Å². The van der Waals surface area contributed by atoms with Gasteiger partial charge in [-0.3, -0.25) is 9.36 Å². The molecule has 2 aromatic heterocycles. The first-order valence-electron chi connectivity index (χ1n) is 10.4. The Morgan fingerprint density at radius 3 is 2.52 bits per heavy atom. The quantitative estimate of drug-likeness (QED) is 0.237. The van der Waals surface area contributed by atoms with E-state index in [-0.39, 0.29) is 18.1 Å². The van der Waals surface area contributed by atoms with Crippen LogP contribution < -0.4 is 9.47 Å². The first-order valence-corrected chi connectivity index (χ1v) is 11.8. The van der Waals surface area contributed by atoms with Crippen molar-refractivity contribution in [3.05, 3.63) is 82.9 Å². The Morgan fingerprint density at radius 2 is 1.85 bits per heavy atom. The van der Waals surface area contributed by atoms with Crippen LogP contribution in [0.5, 0.6) is 11.5 Å². The third-order valence-electron chi connectivity index (χ3n) is 4.85. The number of aromatic amines is 1. The Hall–Kier alpha value is -3.23. The molecule has 0 aliphatic heterocycles. The molecule has 0 radical (unpaired) electrons. The number of benzene rings is 2. The predicted molar refractivity (Wildman–Crippen MR) is 129 cm³/mol. The predicted octanol–water partition coefficient (Wildman–Crippen LogP) is 5.51. The molecule has 0 unspecified atom stereocenters. The number of carbonyl (C=O) groups excluding carboxylic acids is 1. The van der Waals surface area contributed by atoms with Crippen LogP contribution in [0.15, 0.2) is 66.0 Å². The topological polar surface area (TPSA) is 82.0 Å². The molecule has 0 bridgehead atoms. The summed E-state index contributed by atoms with van der Waals surface area (Å²) in [4.78, 5) is 15.4. The molecule has 2 aromatic carbocycles. The van der Waals surface area contributed by atoms with Gasteiger partial charge in [-0.2, -0.15) is 0 Å². The number of halogens is 1. The first-order chi connectivity index (χ1) is 16.0. The van der Waals surface area contributed by atoms with Gasteiger partial charge < -0.3 is 14.5 Å². The van der Waals surface area contributed by atoms with Crippen molar-refractivity contribution in [1.82, 2.24) is 19.7 Å². The van der Waals surface area contributed by atoms with E-state index in [1.807, 2.05) is 60.9 Å². The number of nitrogens with zero attached hydrogens (tertiary/aromatic N) is 3. The summed E-state index contributed by atoms with van der Waals surface area (Å²) in [6.07, 6.45) is 1.73. The van der Waals surface area contributed by atoms with Crippen molar-refractivity contribution < 1.29 is 14.3 Å². The van der Waals surface area contributed by atoms with Crippen molar-refractivity contribution in [3.63, 3.8) is 0 Å². The van der Waals surface area contributed by atoms with E-state index < -0.39 is 0 Å². The minimum Gasteiger partial charge on any atom is -0.494 e. The number of H-pyrrole nitrogens is 1. The van der Waals surface area contributed by atoms with Gasteiger partial charge in [-0.05, 0) is 67.9 Å². The highest BCUT2D eigenvalue weighted by Crippen LogP contribution is 2.27. The minimum atomic E-state index is -0.0197. The van der Waals surface area contributed by atoms with Gasteiger partial charge in [-0.1, -0.05) is 29.4 Å². The number of Topliss-reactive ketones (excluding diaryl/α,β-unsaturated/α-hetero) is 1. The first kappa shape index (κ1) is 22.9. The van der Waals surface area contributed by atoms with Gasteiger partial charge in [-0.15, -0.1) is 10.2 Å². The summed E-state index contributed by atoms with van der Waals surface area (Å²) >= 11 is 7.69. The number of nitrogens with one attached hydrogen (secondary N) is 1. The second-order valence-electron chi connectivity index (χ2n) is 7.16. The third-order valence-corrected chi connectivity index (χ3v) is 6.18. The molecule has 4 rings (SSSR count). The number of aryl methyl sites for hydroxylation is 1. The number of ketones is 1. The number of thioether (sulfide) groups is 1. The minimum absolute atomic E-state index is 0.0197. The van der Waals surface area contributed by atoms with Gasteiger partial charge in [-0.25, -0.2) is 0 Å². The molecule has 0 saturated heterocycles. The van der Waals surface area contributed by atoms with Gasteiger partial charge >= 0.3 is 0 Å². The number of rotatable bonds is 10. The maximum Gasteiger partial charge on any atom is 0.196 e. The molecule has 0 amide bonds. The van der Waals surface area contributed by atoms with Crippen LogP contribution in [0.2, 0.25) is 5.02 Å². The highest BCUT2D eigenvalue weighted by molar-refractivity contribution is 7.99. The van der Waals surface area contributed by atoms with Crippen molar-refractivity contribution in [3.8, 4) is 17.2 Å². The van der Waals surface area contributed by atoms with E-state index in [1.54, 1.807) is 18.3 Å². The van der Waals surface area contributed by atoms with Crippen LogP contribution in [0, 0.1) is 6.92 Å². The van der Waals surface area contributed by atoms with E-state index in [0.717, 1.165) is 17.0 Å². The lowest BCUT2D eigenvalue weighted by Gasteiger charge is -2.12. The molecular weight excluding hydrogens is 460 g/mol. The van der Waals surface area contributed by atoms with Gasteiger partial charge in [0.15, 0.2) is 16.8 Å². The van der Waals surface area contributed by atoms with Gasteiger partial charge in [0.2, 0.25) is 0 Å². The fraction of sp³-hybridized carbons (Fsp3) is 0.208. The molecule has 0 fully saturated rings. The van der Waals surface area contributed by atoms with Crippen LogP contribution in [0.1, 0.15) is 28.8 Å². The zero-order valence-corrected chi connectivity index (χ0v) is 19.8. The van der Waals surface area contributed by atoms with E-state index in [4.69, 9.17) is 21.1 Å². The lowest BCUT2D eigenvalue weighted by molar-refractivity contribution is 0.101. The molecule has 0 aliphatic rings. The summed E-state index contributed by atoms with van der Waals surface area (Å²) in [7, 11) is 0. The highest BCUT2D eigenvalue weighted by atomic mass is 35.5. The third kappa shape index (κ3) is 5.58. The van der Waals surface area contributed by atoms with Gasteiger partial charge in [0.05, 0.1) is 23.7 Å². The zero-order chi connectivity index (χ0) is 23.2. The SMILES string of the molecule is CCOc1ccc(OCc2nnc(SCC(=O)c3ccc[nH]3)n2-c2ccc(C)c(Cl)c2)cc1. The molecule has 9 heteroatoms. The average molecular weight is 483 g/mol. The monoisotopic (exact) mass is 482 g/mol. The molecular formula is C24H23ClN4O3S. The number of hydrogen-bond donors (Lipinski definition) is 1. The standard InChI is InChI=1S/C24H23ClN4O3S/c1-3-31-18-8-10-19(11-9-18)32-14-23-27-28-24(33-15-22(30)21-5-4-12-26-21)29(23)17-7-6-16(2)20(25)13-17/h4-13,26H,3,14-15H2,1-2H3. The summed E-state index contributed by atoms with van der Waals surface area (Å²) < 4.78 is 13.3. The summed E-state index contributed by atoms with van der Waals surface area (Å²) in [5, 5.41) is 9.87. The fourth-order valence-electron chi connectivity index (χ4n) is 3.13. The Bertz CT molecular complexity index is 1220. The van der Waals surface area contributed by atoms with E-state index in [1.165, 1.54) is 11.8 Å². The van der Waals surface area contributed by atoms with Crippen molar-refractivity contribution in [2.75, 3.05) is 12.4 Å². The maximum absolute atomic E-state index is 12.5. The number of ether oxygens (including phenoxy) is 2. The summed E-state index contributed by atoms with van der Waals surface area (Å²) in [6, 6.07) is 16.7. The lowest BCUT2D eigenvalue weighted by atomic mass is 10.2. The molecule has 0 saturated carbocycles. The summed E-state index contributed by atoms with van der Waals surface area (Å²) in [5.41, 5.74) is 2.33. The zero-order valence-electron chi connectivity index (χ0n) is 18.2. The van der Waals surface area contributed by atoms with E-state index >= 15 is 0 Å². The van der Waals surface area contributed by atoms with Gasteiger partial charge in [0.25, 0.3) is 0 Å². The molecule has 0 atom stereocenters. The van der Waals surface area contributed by atoms with E-state index in [9.17, 15) is 4.79 Å². The molecule has 2 heterocycles. The van der Waals surface area contributed by atoms with Crippen molar-refractivity contribution in [2.24, 2.45) is 0 Å². The lowest BCUT2D eigenvalue weighted by Crippen LogP contribution is -2.08. The molecule has 170 valence electrons. The summed E-state index contributed by atoms with van der Waals surface area (Å²) in [5.74, 6) is 2.27. The molecule has 0 aliphatic carbocycles. The number of aromatic nitrogens is 4. The Morgan fingerprint density at radius 1 is 1.09 bits per heavy atom. The van der Waals surface area contributed by atoms with Crippen LogP contribution >= 0.6 is 23.4 Å². The highest BCUT2D eigenvalue weighted by Gasteiger charge is 2.18. The Labute approximate surface area is 201 Å². The molecule has 0 spiro atoms. The second kappa shape index (κ2) is 10.6.